The van der Waals surface area contributed by atoms with E-state index in [2.05, 4.69) is 12.2 Å². The van der Waals surface area contributed by atoms with Gasteiger partial charge >= 0.3 is 0 Å². The van der Waals surface area contributed by atoms with Crippen molar-refractivity contribution in [2.75, 3.05) is 6.61 Å². The van der Waals surface area contributed by atoms with Crippen molar-refractivity contribution in [2.45, 2.75) is 76.0 Å². The summed E-state index contributed by atoms with van der Waals surface area (Å²) in [6.07, 6.45) is 8.57. The Labute approximate surface area is 105 Å². The minimum atomic E-state index is -0.216. The Hall–Kier alpha value is -0.120. The van der Waals surface area contributed by atoms with Gasteiger partial charge < -0.3 is 15.5 Å². The predicted molar refractivity (Wildman–Crippen MR) is 68.8 cm³/mol. The molecule has 2 fully saturated rings. The standard InChI is InChI=1S/C14H27NO2/c1-11-6-8-14(10-16,9-7-11)15-12-4-2-3-5-13(12)17/h11-13,15-17H,2-10H2,1H3/t11?,12-,13-,14?/m1/s1. The fraction of sp³-hybridized carbons (Fsp3) is 1.00. The highest BCUT2D eigenvalue weighted by atomic mass is 16.3. The van der Waals surface area contributed by atoms with Crippen LogP contribution in [0.25, 0.3) is 0 Å². The molecule has 0 aromatic heterocycles. The first-order chi connectivity index (χ1) is 8.15. The van der Waals surface area contributed by atoms with Crippen molar-refractivity contribution in [3.63, 3.8) is 0 Å². The third-order valence-electron chi connectivity index (χ3n) is 4.76. The molecule has 2 rings (SSSR count). The zero-order valence-electron chi connectivity index (χ0n) is 11.0. The van der Waals surface area contributed by atoms with E-state index in [0.29, 0.717) is 0 Å². The monoisotopic (exact) mass is 241 g/mol. The van der Waals surface area contributed by atoms with E-state index in [-0.39, 0.29) is 24.3 Å². The lowest BCUT2D eigenvalue weighted by molar-refractivity contribution is 0.0357. The highest BCUT2D eigenvalue weighted by molar-refractivity contribution is 4.96. The van der Waals surface area contributed by atoms with Crippen molar-refractivity contribution in [2.24, 2.45) is 5.92 Å². The molecule has 2 saturated carbocycles. The largest absolute Gasteiger partial charge is 0.394 e. The van der Waals surface area contributed by atoms with Gasteiger partial charge in [0, 0.05) is 11.6 Å². The maximum atomic E-state index is 10.0. The summed E-state index contributed by atoms with van der Waals surface area (Å²) < 4.78 is 0. The van der Waals surface area contributed by atoms with Gasteiger partial charge in [-0.25, -0.2) is 0 Å². The number of aliphatic hydroxyl groups excluding tert-OH is 2. The summed E-state index contributed by atoms with van der Waals surface area (Å²) in [7, 11) is 0. The van der Waals surface area contributed by atoms with Gasteiger partial charge in [-0.15, -0.1) is 0 Å². The molecule has 0 aromatic rings. The molecule has 0 radical (unpaired) electrons. The van der Waals surface area contributed by atoms with E-state index in [9.17, 15) is 10.2 Å². The van der Waals surface area contributed by atoms with E-state index in [0.717, 1.165) is 38.0 Å². The first-order valence-corrected chi connectivity index (χ1v) is 7.22. The van der Waals surface area contributed by atoms with Gasteiger partial charge in [0.05, 0.1) is 12.7 Å². The first-order valence-electron chi connectivity index (χ1n) is 7.22. The highest BCUT2D eigenvalue weighted by Crippen LogP contribution is 2.33. The normalized spacial score (nSPS) is 43.6. The van der Waals surface area contributed by atoms with Crippen molar-refractivity contribution < 1.29 is 10.2 Å². The third-order valence-corrected chi connectivity index (χ3v) is 4.76. The lowest BCUT2D eigenvalue weighted by Crippen LogP contribution is -2.58. The quantitative estimate of drug-likeness (QED) is 0.706. The molecule has 3 heteroatoms. The number of hydrogen-bond acceptors (Lipinski definition) is 3. The second-order valence-electron chi connectivity index (χ2n) is 6.22. The first kappa shape index (κ1) is 13.3. The van der Waals surface area contributed by atoms with Gasteiger partial charge in [0.2, 0.25) is 0 Å². The molecule has 3 N–H and O–H groups in total. The molecule has 0 aromatic carbocycles. The van der Waals surface area contributed by atoms with Gasteiger partial charge in [0.15, 0.2) is 0 Å². The van der Waals surface area contributed by atoms with Crippen LogP contribution >= 0.6 is 0 Å². The van der Waals surface area contributed by atoms with Gasteiger partial charge in [0.1, 0.15) is 0 Å². The van der Waals surface area contributed by atoms with Crippen molar-refractivity contribution in [3.05, 3.63) is 0 Å². The number of hydrogen-bond donors (Lipinski definition) is 3. The van der Waals surface area contributed by atoms with Gasteiger partial charge in [-0.05, 0) is 44.4 Å². The van der Waals surface area contributed by atoms with E-state index in [1.165, 1.54) is 19.3 Å². The second-order valence-corrected chi connectivity index (χ2v) is 6.22. The van der Waals surface area contributed by atoms with Crippen LogP contribution in [-0.4, -0.2) is 34.5 Å². The molecular weight excluding hydrogens is 214 g/mol. The SMILES string of the molecule is CC1CCC(CO)(N[C@@H]2CCCC[C@H]2O)CC1. The average Bonchev–Trinajstić information content (AvgIpc) is 2.35. The lowest BCUT2D eigenvalue weighted by Gasteiger charge is -2.43. The van der Waals surface area contributed by atoms with E-state index >= 15 is 0 Å². The molecule has 2 aliphatic rings. The summed E-state index contributed by atoms with van der Waals surface area (Å²) in [5.74, 6) is 0.785. The van der Waals surface area contributed by atoms with E-state index < -0.39 is 0 Å². The Kier molecular flexibility index (Phi) is 4.45. The molecule has 0 aliphatic heterocycles. The zero-order chi connectivity index (χ0) is 12.3. The Balaban J connectivity index is 1.94. The maximum Gasteiger partial charge on any atom is 0.0693 e. The van der Waals surface area contributed by atoms with E-state index in [1.54, 1.807) is 0 Å². The molecule has 0 unspecified atom stereocenters. The average molecular weight is 241 g/mol. The zero-order valence-corrected chi connectivity index (χ0v) is 11.0. The molecule has 0 amide bonds. The van der Waals surface area contributed by atoms with Crippen LogP contribution in [0, 0.1) is 5.92 Å². The second kappa shape index (κ2) is 5.68. The molecule has 0 heterocycles. The predicted octanol–water partition coefficient (Wildman–Crippen LogP) is 1.82. The number of aliphatic hydroxyl groups is 2. The lowest BCUT2D eigenvalue weighted by atomic mass is 9.76. The van der Waals surface area contributed by atoms with Crippen LogP contribution in [0.4, 0.5) is 0 Å². The molecule has 2 atom stereocenters. The summed E-state index contributed by atoms with van der Waals surface area (Å²) in [6.45, 7) is 2.50. The maximum absolute atomic E-state index is 10.0. The Morgan fingerprint density at radius 2 is 1.76 bits per heavy atom. The Morgan fingerprint density at radius 3 is 2.35 bits per heavy atom. The Bertz CT molecular complexity index is 236. The summed E-state index contributed by atoms with van der Waals surface area (Å²) in [4.78, 5) is 0. The van der Waals surface area contributed by atoms with Gasteiger partial charge in [-0.3, -0.25) is 0 Å². The van der Waals surface area contributed by atoms with Crippen LogP contribution in [-0.2, 0) is 0 Å². The van der Waals surface area contributed by atoms with Gasteiger partial charge in [-0.2, -0.15) is 0 Å². The topological polar surface area (TPSA) is 52.5 Å². The minimum absolute atomic E-state index is 0.116. The molecule has 17 heavy (non-hydrogen) atoms. The summed E-state index contributed by atoms with van der Waals surface area (Å²) in [5, 5.41) is 23.3. The van der Waals surface area contributed by atoms with Crippen LogP contribution in [0.2, 0.25) is 0 Å². The van der Waals surface area contributed by atoms with Gasteiger partial charge in [0.25, 0.3) is 0 Å². The molecule has 2 aliphatic carbocycles. The van der Waals surface area contributed by atoms with Crippen LogP contribution in [0.1, 0.15) is 58.3 Å². The summed E-state index contributed by atoms with van der Waals surface area (Å²) >= 11 is 0. The fourth-order valence-corrected chi connectivity index (χ4v) is 3.34. The number of nitrogens with one attached hydrogen (secondary N) is 1. The fourth-order valence-electron chi connectivity index (χ4n) is 3.34. The molecule has 3 nitrogen and oxygen atoms in total. The van der Waals surface area contributed by atoms with Crippen molar-refractivity contribution in [1.29, 1.82) is 0 Å². The molecule has 0 bridgehead atoms. The smallest absolute Gasteiger partial charge is 0.0693 e. The van der Waals surface area contributed by atoms with Crippen LogP contribution in [0.15, 0.2) is 0 Å². The summed E-state index contributed by atoms with van der Waals surface area (Å²) in [5.41, 5.74) is -0.116. The molecule has 0 spiro atoms. The minimum Gasteiger partial charge on any atom is -0.394 e. The van der Waals surface area contributed by atoms with Crippen molar-refractivity contribution in [3.8, 4) is 0 Å². The number of rotatable bonds is 3. The highest BCUT2D eigenvalue weighted by Gasteiger charge is 2.37. The molecule has 0 saturated heterocycles. The van der Waals surface area contributed by atoms with E-state index in [4.69, 9.17) is 0 Å². The van der Waals surface area contributed by atoms with Crippen molar-refractivity contribution >= 4 is 0 Å². The third kappa shape index (κ3) is 3.21. The van der Waals surface area contributed by atoms with Crippen LogP contribution in [0.3, 0.4) is 0 Å². The van der Waals surface area contributed by atoms with E-state index in [1.807, 2.05) is 0 Å². The van der Waals surface area contributed by atoms with Crippen LogP contribution in [0.5, 0.6) is 0 Å². The molecule has 100 valence electrons. The van der Waals surface area contributed by atoms with Gasteiger partial charge in [-0.1, -0.05) is 19.8 Å². The summed E-state index contributed by atoms with van der Waals surface area (Å²) in [6, 6.07) is 0.198. The Morgan fingerprint density at radius 1 is 1.12 bits per heavy atom. The van der Waals surface area contributed by atoms with Crippen LogP contribution < -0.4 is 5.32 Å². The van der Waals surface area contributed by atoms with Crippen molar-refractivity contribution in [1.82, 2.24) is 5.32 Å². The molecular formula is C14H27NO2.